The van der Waals surface area contributed by atoms with Crippen molar-refractivity contribution in [3.63, 3.8) is 0 Å². The first-order valence-electron chi connectivity index (χ1n) is 6.73. The number of hydrogen-bond acceptors (Lipinski definition) is 1. The number of halogens is 2. The Balaban J connectivity index is 2.16. The Hall–Kier alpha value is -0.240. The van der Waals surface area contributed by atoms with Gasteiger partial charge in [0.05, 0.1) is 15.6 Å². The first-order chi connectivity index (χ1) is 8.57. The summed E-state index contributed by atoms with van der Waals surface area (Å²) in [5, 5.41) is 11.8. The van der Waals surface area contributed by atoms with Crippen LogP contribution in [0.3, 0.4) is 0 Å². The Morgan fingerprint density at radius 1 is 1.28 bits per heavy atom. The first-order valence-corrected chi connectivity index (χ1v) is 7.49. The topological polar surface area (TPSA) is 20.2 Å². The lowest BCUT2D eigenvalue weighted by atomic mass is 9.74. The van der Waals surface area contributed by atoms with Crippen LogP contribution in [0.25, 0.3) is 0 Å². The predicted octanol–water partition coefficient (Wildman–Crippen LogP) is 5.17. The standard InChI is InChI=1S/C15H20Cl2O/c1-2-4-11-7-9-15(18,10-8-11)12-5-3-6-13(16)14(12)17/h3,5-6,11,18H,2,4,7-10H2,1H3. The third-order valence-electron chi connectivity index (χ3n) is 4.08. The van der Waals surface area contributed by atoms with Crippen LogP contribution < -0.4 is 0 Å². The van der Waals surface area contributed by atoms with E-state index < -0.39 is 5.60 Å². The molecule has 1 fully saturated rings. The fourth-order valence-corrected chi connectivity index (χ4v) is 3.46. The van der Waals surface area contributed by atoms with Gasteiger partial charge in [-0.15, -0.1) is 0 Å². The van der Waals surface area contributed by atoms with Gasteiger partial charge in [0.2, 0.25) is 0 Å². The van der Waals surface area contributed by atoms with E-state index >= 15 is 0 Å². The number of hydrogen-bond donors (Lipinski definition) is 1. The lowest BCUT2D eigenvalue weighted by Crippen LogP contribution is -2.31. The molecular weight excluding hydrogens is 267 g/mol. The molecule has 1 nitrogen and oxygen atoms in total. The highest BCUT2D eigenvalue weighted by Crippen LogP contribution is 2.44. The minimum Gasteiger partial charge on any atom is -0.385 e. The number of benzene rings is 1. The fourth-order valence-electron chi connectivity index (χ4n) is 2.98. The minimum atomic E-state index is -0.785. The Kier molecular flexibility index (Phi) is 4.58. The van der Waals surface area contributed by atoms with Gasteiger partial charge in [-0.1, -0.05) is 55.1 Å². The van der Waals surface area contributed by atoms with Crippen molar-refractivity contribution in [2.24, 2.45) is 5.92 Å². The molecular formula is C15H20Cl2O. The van der Waals surface area contributed by atoms with Gasteiger partial charge >= 0.3 is 0 Å². The van der Waals surface area contributed by atoms with Gasteiger partial charge in [0.25, 0.3) is 0 Å². The molecule has 100 valence electrons. The summed E-state index contributed by atoms with van der Waals surface area (Å²) in [6.07, 6.45) is 6.22. The Bertz CT molecular complexity index is 409. The smallest absolute Gasteiger partial charge is 0.0911 e. The molecule has 0 unspecified atom stereocenters. The van der Waals surface area contributed by atoms with Crippen molar-refractivity contribution < 1.29 is 5.11 Å². The van der Waals surface area contributed by atoms with Gasteiger partial charge < -0.3 is 5.11 Å². The second-order valence-electron chi connectivity index (χ2n) is 5.37. The molecule has 0 spiro atoms. The van der Waals surface area contributed by atoms with Crippen LogP contribution in [0, 0.1) is 5.92 Å². The van der Waals surface area contributed by atoms with Gasteiger partial charge in [-0.2, -0.15) is 0 Å². The zero-order chi connectivity index (χ0) is 13.2. The molecule has 3 heteroatoms. The van der Waals surface area contributed by atoms with Crippen LogP contribution in [-0.2, 0) is 5.60 Å². The average Bonchev–Trinajstić information content (AvgIpc) is 2.36. The predicted molar refractivity (Wildman–Crippen MR) is 77.2 cm³/mol. The average molecular weight is 287 g/mol. The van der Waals surface area contributed by atoms with Crippen molar-refractivity contribution in [1.29, 1.82) is 0 Å². The van der Waals surface area contributed by atoms with Crippen molar-refractivity contribution in [1.82, 2.24) is 0 Å². The molecule has 0 saturated heterocycles. The zero-order valence-electron chi connectivity index (χ0n) is 10.8. The molecule has 0 aromatic heterocycles. The summed E-state index contributed by atoms with van der Waals surface area (Å²) in [6, 6.07) is 5.52. The van der Waals surface area contributed by atoms with Gasteiger partial charge in [0, 0.05) is 5.56 Å². The summed E-state index contributed by atoms with van der Waals surface area (Å²) in [4.78, 5) is 0. The van der Waals surface area contributed by atoms with Crippen molar-refractivity contribution in [2.75, 3.05) is 0 Å². The molecule has 1 N–H and O–H groups in total. The zero-order valence-corrected chi connectivity index (χ0v) is 12.3. The molecule has 0 aliphatic heterocycles. The molecule has 0 bridgehead atoms. The molecule has 2 rings (SSSR count). The molecule has 0 radical (unpaired) electrons. The van der Waals surface area contributed by atoms with Crippen LogP contribution in [0.15, 0.2) is 18.2 Å². The van der Waals surface area contributed by atoms with Crippen LogP contribution in [0.5, 0.6) is 0 Å². The minimum absolute atomic E-state index is 0.510. The lowest BCUT2D eigenvalue weighted by molar-refractivity contribution is -0.0151. The number of rotatable bonds is 3. The maximum absolute atomic E-state index is 10.8. The molecule has 18 heavy (non-hydrogen) atoms. The van der Waals surface area contributed by atoms with E-state index in [1.807, 2.05) is 12.1 Å². The van der Waals surface area contributed by atoms with E-state index in [1.165, 1.54) is 12.8 Å². The van der Waals surface area contributed by atoms with Crippen LogP contribution in [0.2, 0.25) is 10.0 Å². The van der Waals surface area contributed by atoms with Gasteiger partial charge in [0.1, 0.15) is 0 Å². The summed E-state index contributed by atoms with van der Waals surface area (Å²) < 4.78 is 0. The molecule has 0 atom stereocenters. The summed E-state index contributed by atoms with van der Waals surface area (Å²) in [5.41, 5.74) is 0.0123. The molecule has 0 amide bonds. The maximum atomic E-state index is 10.8. The summed E-state index contributed by atoms with van der Waals surface area (Å²) in [6.45, 7) is 2.22. The molecule has 1 aliphatic carbocycles. The van der Waals surface area contributed by atoms with Crippen molar-refractivity contribution in [3.05, 3.63) is 33.8 Å². The number of aliphatic hydroxyl groups is 1. The Morgan fingerprint density at radius 2 is 1.94 bits per heavy atom. The van der Waals surface area contributed by atoms with Crippen molar-refractivity contribution in [3.8, 4) is 0 Å². The second-order valence-corrected chi connectivity index (χ2v) is 6.15. The van der Waals surface area contributed by atoms with Crippen molar-refractivity contribution in [2.45, 2.75) is 51.0 Å². The SMILES string of the molecule is CCCC1CCC(O)(c2cccc(Cl)c2Cl)CC1. The highest BCUT2D eigenvalue weighted by Gasteiger charge is 2.36. The normalized spacial score (nSPS) is 28.3. The summed E-state index contributed by atoms with van der Waals surface area (Å²) in [5.74, 6) is 0.758. The van der Waals surface area contributed by atoms with E-state index in [1.54, 1.807) is 6.07 Å². The largest absolute Gasteiger partial charge is 0.385 e. The molecule has 1 aromatic carbocycles. The van der Waals surface area contributed by atoms with Gasteiger partial charge in [-0.25, -0.2) is 0 Å². The molecule has 0 heterocycles. The van der Waals surface area contributed by atoms with Gasteiger partial charge in [-0.05, 0) is 37.7 Å². The van der Waals surface area contributed by atoms with E-state index in [4.69, 9.17) is 23.2 Å². The monoisotopic (exact) mass is 286 g/mol. The van der Waals surface area contributed by atoms with E-state index in [0.717, 1.165) is 37.2 Å². The second kappa shape index (κ2) is 5.81. The molecule has 1 saturated carbocycles. The highest BCUT2D eigenvalue weighted by atomic mass is 35.5. The van der Waals surface area contributed by atoms with E-state index in [0.29, 0.717) is 10.0 Å². The molecule has 1 aliphatic rings. The Labute approximate surface area is 119 Å². The Morgan fingerprint density at radius 3 is 2.56 bits per heavy atom. The quantitative estimate of drug-likeness (QED) is 0.813. The highest BCUT2D eigenvalue weighted by molar-refractivity contribution is 6.42. The van der Waals surface area contributed by atoms with Crippen LogP contribution >= 0.6 is 23.2 Å². The van der Waals surface area contributed by atoms with E-state index in [9.17, 15) is 5.11 Å². The third-order valence-corrected chi connectivity index (χ3v) is 4.90. The van der Waals surface area contributed by atoms with E-state index in [-0.39, 0.29) is 0 Å². The van der Waals surface area contributed by atoms with Crippen molar-refractivity contribution >= 4 is 23.2 Å². The fraction of sp³-hybridized carbons (Fsp3) is 0.600. The summed E-state index contributed by atoms with van der Waals surface area (Å²) >= 11 is 12.3. The summed E-state index contributed by atoms with van der Waals surface area (Å²) in [7, 11) is 0. The van der Waals surface area contributed by atoms with Crippen LogP contribution in [0.1, 0.15) is 51.0 Å². The third kappa shape index (κ3) is 2.84. The maximum Gasteiger partial charge on any atom is 0.0911 e. The van der Waals surface area contributed by atoms with Gasteiger partial charge in [-0.3, -0.25) is 0 Å². The van der Waals surface area contributed by atoms with Crippen LogP contribution in [0.4, 0.5) is 0 Å². The van der Waals surface area contributed by atoms with Gasteiger partial charge in [0.15, 0.2) is 0 Å². The molecule has 1 aromatic rings. The van der Waals surface area contributed by atoms with Crippen LogP contribution in [-0.4, -0.2) is 5.11 Å². The lowest BCUT2D eigenvalue weighted by Gasteiger charge is -2.37. The first kappa shape index (κ1) is 14.2. The van der Waals surface area contributed by atoms with E-state index in [2.05, 4.69) is 6.92 Å².